The van der Waals surface area contributed by atoms with Gasteiger partial charge < -0.3 is 10.2 Å². The van der Waals surface area contributed by atoms with Crippen LogP contribution in [0.3, 0.4) is 0 Å². The van der Waals surface area contributed by atoms with Crippen molar-refractivity contribution in [1.29, 1.82) is 0 Å². The van der Waals surface area contributed by atoms with Crippen molar-refractivity contribution >= 4 is 5.91 Å². The number of likely N-dealkylation sites (tertiary alicyclic amines) is 1. The monoisotopic (exact) mass is 276 g/mol. The minimum absolute atomic E-state index is 0.0253. The molecule has 2 bridgehead atoms. The molecule has 1 aliphatic heterocycles. The molecule has 4 fully saturated rings. The van der Waals surface area contributed by atoms with E-state index in [1.807, 2.05) is 0 Å². The van der Waals surface area contributed by atoms with E-state index in [1.165, 1.54) is 44.9 Å². The number of carbonyl (C=O) groups is 1. The molecule has 0 radical (unpaired) electrons. The van der Waals surface area contributed by atoms with Gasteiger partial charge >= 0.3 is 0 Å². The van der Waals surface area contributed by atoms with E-state index < -0.39 is 0 Å². The van der Waals surface area contributed by atoms with Crippen molar-refractivity contribution in [2.75, 3.05) is 13.1 Å². The van der Waals surface area contributed by atoms with E-state index >= 15 is 0 Å². The maximum Gasteiger partial charge on any atom is 0.239 e. The summed E-state index contributed by atoms with van der Waals surface area (Å²) in [6.07, 6.45) is 9.56. The highest BCUT2D eigenvalue weighted by Crippen LogP contribution is 2.58. The summed E-state index contributed by atoms with van der Waals surface area (Å²) in [5, 5.41) is 3.71. The molecule has 0 aromatic rings. The second-order valence-corrected chi connectivity index (χ2v) is 7.68. The van der Waals surface area contributed by atoms with Crippen LogP contribution in [0.1, 0.15) is 51.9 Å². The predicted molar refractivity (Wildman–Crippen MR) is 79.2 cm³/mol. The van der Waals surface area contributed by atoms with E-state index in [9.17, 15) is 4.79 Å². The molecule has 6 atom stereocenters. The molecule has 1 N–H and O–H groups in total. The fourth-order valence-electron chi connectivity index (χ4n) is 5.86. The summed E-state index contributed by atoms with van der Waals surface area (Å²) in [6, 6.07) is 0.651. The Kier molecular flexibility index (Phi) is 3.29. The van der Waals surface area contributed by atoms with Crippen LogP contribution in [-0.2, 0) is 4.79 Å². The average molecular weight is 276 g/mol. The van der Waals surface area contributed by atoms with Gasteiger partial charge in [-0.2, -0.15) is 0 Å². The third-order valence-corrected chi connectivity index (χ3v) is 6.68. The predicted octanol–water partition coefficient (Wildman–Crippen LogP) is 2.41. The molecular formula is C17H28N2O. The highest BCUT2D eigenvalue weighted by atomic mass is 16.2. The quantitative estimate of drug-likeness (QED) is 0.858. The molecule has 6 unspecified atom stereocenters. The van der Waals surface area contributed by atoms with Gasteiger partial charge in [-0.3, -0.25) is 4.79 Å². The molecular weight excluding hydrogens is 248 g/mol. The SMILES string of the molecule is CC(NC1CC2CC1C1CCCC21)C(=O)N1CCCC1. The van der Waals surface area contributed by atoms with Gasteiger partial charge in [-0.1, -0.05) is 6.42 Å². The molecule has 3 aliphatic carbocycles. The largest absolute Gasteiger partial charge is 0.341 e. The molecule has 20 heavy (non-hydrogen) atoms. The molecule has 4 aliphatic rings. The average Bonchev–Trinajstić information content (AvgIpc) is 3.18. The van der Waals surface area contributed by atoms with Crippen molar-refractivity contribution in [1.82, 2.24) is 10.2 Å². The Balaban J connectivity index is 1.36. The highest BCUT2D eigenvalue weighted by molar-refractivity contribution is 5.81. The van der Waals surface area contributed by atoms with Crippen molar-refractivity contribution in [2.24, 2.45) is 23.7 Å². The van der Waals surface area contributed by atoms with Crippen LogP contribution in [0.2, 0.25) is 0 Å². The number of fused-ring (bicyclic) bond motifs is 5. The lowest BCUT2D eigenvalue weighted by Gasteiger charge is -2.34. The number of nitrogens with zero attached hydrogens (tertiary/aromatic N) is 1. The summed E-state index contributed by atoms with van der Waals surface area (Å²) in [6.45, 7) is 4.04. The summed E-state index contributed by atoms with van der Waals surface area (Å²) >= 11 is 0. The Labute approximate surface area is 122 Å². The first-order valence-electron chi connectivity index (χ1n) is 8.79. The molecule has 3 nitrogen and oxygen atoms in total. The first-order chi connectivity index (χ1) is 9.74. The molecule has 3 saturated carbocycles. The second-order valence-electron chi connectivity index (χ2n) is 7.68. The van der Waals surface area contributed by atoms with Gasteiger partial charge in [0.2, 0.25) is 5.91 Å². The molecule has 112 valence electrons. The van der Waals surface area contributed by atoms with Gasteiger partial charge in [-0.25, -0.2) is 0 Å². The lowest BCUT2D eigenvalue weighted by atomic mass is 9.79. The lowest BCUT2D eigenvalue weighted by Crippen LogP contribution is -2.50. The molecule has 0 aromatic heterocycles. The minimum Gasteiger partial charge on any atom is -0.341 e. The van der Waals surface area contributed by atoms with Crippen molar-refractivity contribution in [3.8, 4) is 0 Å². The van der Waals surface area contributed by atoms with Gasteiger partial charge in [-0.05, 0) is 69.1 Å². The Bertz CT molecular complexity index is 390. The van der Waals surface area contributed by atoms with E-state index in [1.54, 1.807) is 0 Å². The molecule has 1 saturated heterocycles. The first kappa shape index (κ1) is 13.1. The molecule has 1 amide bonds. The number of nitrogens with one attached hydrogen (secondary N) is 1. The van der Waals surface area contributed by atoms with Crippen LogP contribution < -0.4 is 5.32 Å². The fourth-order valence-corrected chi connectivity index (χ4v) is 5.86. The maximum atomic E-state index is 12.4. The number of carbonyl (C=O) groups excluding carboxylic acids is 1. The van der Waals surface area contributed by atoms with Crippen molar-refractivity contribution in [3.63, 3.8) is 0 Å². The fraction of sp³-hybridized carbons (Fsp3) is 0.941. The molecule has 1 heterocycles. The third kappa shape index (κ3) is 2.01. The Morgan fingerprint density at radius 2 is 1.80 bits per heavy atom. The Morgan fingerprint density at radius 1 is 1.05 bits per heavy atom. The normalized spacial score (nSPS) is 44.0. The summed E-state index contributed by atoms with van der Waals surface area (Å²) in [7, 11) is 0. The topological polar surface area (TPSA) is 32.3 Å². The van der Waals surface area contributed by atoms with Gasteiger partial charge in [0.1, 0.15) is 0 Å². The second kappa shape index (κ2) is 5.01. The van der Waals surface area contributed by atoms with Crippen molar-refractivity contribution in [2.45, 2.75) is 64.0 Å². The highest BCUT2D eigenvalue weighted by Gasteiger charge is 2.53. The van der Waals surface area contributed by atoms with Crippen LogP contribution in [0.4, 0.5) is 0 Å². The van der Waals surface area contributed by atoms with Crippen LogP contribution in [0.25, 0.3) is 0 Å². The maximum absolute atomic E-state index is 12.4. The Hall–Kier alpha value is -0.570. The van der Waals surface area contributed by atoms with Crippen molar-refractivity contribution < 1.29 is 4.79 Å². The van der Waals surface area contributed by atoms with Crippen LogP contribution in [0.5, 0.6) is 0 Å². The van der Waals surface area contributed by atoms with E-state index in [2.05, 4.69) is 17.1 Å². The summed E-state index contributed by atoms with van der Waals surface area (Å²) in [5.41, 5.74) is 0. The third-order valence-electron chi connectivity index (χ3n) is 6.68. The zero-order valence-corrected chi connectivity index (χ0v) is 12.7. The minimum atomic E-state index is 0.0253. The van der Waals surface area contributed by atoms with Gasteiger partial charge in [-0.15, -0.1) is 0 Å². The van der Waals surface area contributed by atoms with E-state index in [4.69, 9.17) is 0 Å². The van der Waals surface area contributed by atoms with Crippen LogP contribution in [0.15, 0.2) is 0 Å². The molecule has 0 spiro atoms. The van der Waals surface area contributed by atoms with Crippen molar-refractivity contribution in [3.05, 3.63) is 0 Å². The van der Waals surface area contributed by atoms with Crippen LogP contribution in [0, 0.1) is 23.7 Å². The van der Waals surface area contributed by atoms with Gasteiger partial charge in [0, 0.05) is 19.1 Å². The molecule has 4 rings (SSSR count). The zero-order chi connectivity index (χ0) is 13.7. The number of rotatable bonds is 3. The van der Waals surface area contributed by atoms with Crippen LogP contribution in [-0.4, -0.2) is 36.0 Å². The molecule has 0 aromatic carbocycles. The Morgan fingerprint density at radius 3 is 2.60 bits per heavy atom. The number of amides is 1. The number of hydrogen-bond acceptors (Lipinski definition) is 2. The van der Waals surface area contributed by atoms with Gasteiger partial charge in [0.05, 0.1) is 6.04 Å². The van der Waals surface area contributed by atoms with Gasteiger partial charge in [0.15, 0.2) is 0 Å². The van der Waals surface area contributed by atoms with E-state index in [0.717, 1.165) is 36.8 Å². The zero-order valence-electron chi connectivity index (χ0n) is 12.7. The summed E-state index contributed by atoms with van der Waals surface area (Å²) in [4.78, 5) is 14.5. The van der Waals surface area contributed by atoms with Crippen LogP contribution >= 0.6 is 0 Å². The first-order valence-corrected chi connectivity index (χ1v) is 8.79. The number of hydrogen-bond donors (Lipinski definition) is 1. The summed E-state index contributed by atoms with van der Waals surface area (Å²) < 4.78 is 0. The van der Waals surface area contributed by atoms with Gasteiger partial charge in [0.25, 0.3) is 0 Å². The van der Waals surface area contributed by atoms with E-state index in [-0.39, 0.29) is 6.04 Å². The molecule has 3 heteroatoms. The summed E-state index contributed by atoms with van der Waals surface area (Å²) in [5.74, 6) is 4.22. The standard InChI is InChI=1S/C17H28N2O/c1-11(17(20)19-7-2-3-8-19)18-16-10-12-9-15(16)14-6-4-5-13(12)14/h11-16,18H,2-10H2,1H3. The van der Waals surface area contributed by atoms with E-state index in [0.29, 0.717) is 11.9 Å². The smallest absolute Gasteiger partial charge is 0.239 e. The lowest BCUT2D eigenvalue weighted by molar-refractivity contribution is -0.132.